The number of carbonyl (C=O) groups is 3. The number of fused-ring (bicyclic) bond motifs is 3. The van der Waals surface area contributed by atoms with Crippen LogP contribution in [0, 0.1) is 39.9 Å². The van der Waals surface area contributed by atoms with Crippen molar-refractivity contribution in [3.05, 3.63) is 0 Å². The number of carbonyl (C=O) groups excluding carboxylic acids is 3. The average Bonchev–Trinajstić information content (AvgIpc) is 3.80. The Morgan fingerprint density at radius 1 is 0.649 bits per heavy atom. The normalized spacial score (nSPS) is 52.7. The van der Waals surface area contributed by atoms with Crippen molar-refractivity contribution in [2.45, 2.75) is 221 Å². The van der Waals surface area contributed by atoms with Crippen LogP contribution in [0.15, 0.2) is 0 Å². The van der Waals surface area contributed by atoms with Crippen molar-refractivity contribution in [2.75, 3.05) is 33.5 Å². The number of rotatable bonds is 14. The lowest BCUT2D eigenvalue weighted by molar-refractivity contribution is -0.358. The third kappa shape index (κ3) is 10.1. The van der Waals surface area contributed by atoms with E-state index in [1.54, 1.807) is 6.92 Å². The molecule has 2 bridgehead atoms. The van der Waals surface area contributed by atoms with Crippen molar-refractivity contribution in [3.63, 3.8) is 0 Å². The lowest BCUT2D eigenvalue weighted by Crippen LogP contribution is -2.67. The fourth-order valence-corrected chi connectivity index (χ4v) is 14.9. The second-order valence-corrected chi connectivity index (χ2v) is 23.0. The largest absolute Gasteiger partial charge is 0.465 e. The molecule has 5 saturated heterocycles. The highest BCUT2D eigenvalue weighted by Gasteiger charge is 2.70. The molecular weight excluding hydrogens is 985 g/mol. The zero-order valence-electron chi connectivity index (χ0n) is 42.5. The summed E-state index contributed by atoms with van der Waals surface area (Å²) in [7, 11) is 1.46. The summed E-state index contributed by atoms with van der Waals surface area (Å²) in [6, 6.07) is 0. The maximum Gasteiger partial charge on any atom is 0.306 e. The van der Waals surface area contributed by atoms with E-state index in [0.29, 0.717) is 38.1 Å². The van der Waals surface area contributed by atoms with E-state index in [1.165, 1.54) is 14.0 Å². The minimum atomic E-state index is -1.87. The number of aliphatic hydroxyl groups is 10. The van der Waals surface area contributed by atoms with Gasteiger partial charge in [-0.25, -0.2) is 0 Å². The van der Waals surface area contributed by atoms with Gasteiger partial charge in [-0.1, -0.05) is 13.8 Å². The van der Waals surface area contributed by atoms with Crippen LogP contribution in [0.3, 0.4) is 0 Å². The molecule has 74 heavy (non-hydrogen) atoms. The van der Waals surface area contributed by atoms with Crippen molar-refractivity contribution in [3.8, 4) is 0 Å². The van der Waals surface area contributed by atoms with E-state index in [0.717, 1.165) is 32.1 Å². The molecule has 0 aromatic heterocycles. The number of aliphatic hydroxyl groups excluding tert-OH is 10. The van der Waals surface area contributed by atoms with Crippen LogP contribution in [0.2, 0.25) is 0 Å². The maximum absolute atomic E-state index is 14.9. The van der Waals surface area contributed by atoms with Crippen LogP contribution in [-0.4, -0.2) is 231 Å². The van der Waals surface area contributed by atoms with Crippen LogP contribution in [0.25, 0.3) is 0 Å². The summed E-state index contributed by atoms with van der Waals surface area (Å²) >= 11 is 0. The Kier molecular flexibility index (Phi) is 17.0. The van der Waals surface area contributed by atoms with Crippen LogP contribution in [-0.2, 0) is 66.5 Å². The maximum atomic E-state index is 14.9. The van der Waals surface area contributed by atoms with Gasteiger partial charge in [0.25, 0.3) is 0 Å². The fourth-order valence-electron chi connectivity index (χ4n) is 14.9. The molecule has 28 atom stereocenters. The number of ether oxygens (including phenoxy) is 11. The molecule has 4 saturated carbocycles. The van der Waals surface area contributed by atoms with Crippen molar-refractivity contribution in [1.29, 1.82) is 0 Å². The fraction of sp³-hybridized carbons (Fsp3) is 0.940. The Bertz CT molecular complexity index is 1980. The molecule has 9 aliphatic rings. The van der Waals surface area contributed by atoms with Crippen LogP contribution in [0.1, 0.15) is 91.9 Å². The van der Waals surface area contributed by atoms with Gasteiger partial charge >= 0.3 is 11.9 Å². The van der Waals surface area contributed by atoms with E-state index in [9.17, 15) is 65.4 Å². The van der Waals surface area contributed by atoms with Gasteiger partial charge in [0.05, 0.1) is 51.2 Å². The first kappa shape index (κ1) is 56.6. The van der Waals surface area contributed by atoms with Crippen molar-refractivity contribution >= 4 is 17.7 Å². The highest BCUT2D eigenvalue weighted by atomic mass is 16.8. The minimum absolute atomic E-state index is 0.0497. The van der Waals surface area contributed by atoms with Crippen molar-refractivity contribution in [2.24, 2.45) is 39.9 Å². The Labute approximate surface area is 428 Å². The predicted molar refractivity (Wildman–Crippen MR) is 244 cm³/mol. The summed E-state index contributed by atoms with van der Waals surface area (Å²) in [5.41, 5.74) is -1.34. The van der Waals surface area contributed by atoms with Gasteiger partial charge in [0.15, 0.2) is 25.2 Å². The van der Waals surface area contributed by atoms with E-state index in [4.69, 9.17) is 52.1 Å². The first-order valence-electron chi connectivity index (χ1n) is 26.4. The summed E-state index contributed by atoms with van der Waals surface area (Å²) in [5.74, 6) is -0.181. The third-order valence-electron chi connectivity index (χ3n) is 18.9. The Hall–Kier alpha value is -2.15. The molecule has 0 radical (unpaired) electrons. The van der Waals surface area contributed by atoms with Gasteiger partial charge in [-0.2, -0.15) is 0 Å². The van der Waals surface area contributed by atoms with Gasteiger partial charge in [0.1, 0.15) is 91.2 Å². The molecule has 10 N–H and O–H groups in total. The molecule has 0 aromatic carbocycles. The van der Waals surface area contributed by atoms with E-state index in [2.05, 4.69) is 13.8 Å². The Balaban J connectivity index is 0.812. The van der Waals surface area contributed by atoms with Crippen molar-refractivity contribution in [1.82, 2.24) is 0 Å². The smallest absolute Gasteiger partial charge is 0.306 e. The number of hydrogen-bond donors (Lipinski definition) is 10. The number of ketones is 1. The number of Topliss-reactive ketones (excluding diaryl/α,β-unsaturated/α-hetero) is 1. The lowest BCUT2D eigenvalue weighted by Gasteiger charge is -2.67. The van der Waals surface area contributed by atoms with Crippen LogP contribution < -0.4 is 0 Å². The van der Waals surface area contributed by atoms with Gasteiger partial charge in [-0.15, -0.1) is 0 Å². The molecule has 4 aliphatic carbocycles. The topological polar surface area (TPSA) is 355 Å². The van der Waals surface area contributed by atoms with Crippen LogP contribution in [0.4, 0.5) is 0 Å². The van der Waals surface area contributed by atoms with Crippen LogP contribution >= 0.6 is 0 Å². The monoisotopic (exact) mass is 1060 g/mol. The molecule has 0 aromatic rings. The third-order valence-corrected chi connectivity index (χ3v) is 18.9. The minimum Gasteiger partial charge on any atom is -0.465 e. The van der Waals surface area contributed by atoms with Gasteiger partial charge in [-0.05, 0) is 75.5 Å². The van der Waals surface area contributed by atoms with E-state index in [-0.39, 0.29) is 41.5 Å². The first-order chi connectivity index (χ1) is 35.1. The Morgan fingerprint density at radius 2 is 1.22 bits per heavy atom. The Morgan fingerprint density at radius 3 is 1.78 bits per heavy atom. The molecule has 1 spiro atoms. The van der Waals surface area contributed by atoms with E-state index >= 15 is 0 Å². The highest BCUT2D eigenvalue weighted by Crippen LogP contribution is 2.70. The molecule has 9 rings (SSSR count). The molecule has 5 aliphatic heterocycles. The molecule has 0 amide bonds. The van der Waals surface area contributed by atoms with Gasteiger partial charge in [0, 0.05) is 43.1 Å². The summed E-state index contributed by atoms with van der Waals surface area (Å²) in [5, 5.41) is 105. The van der Waals surface area contributed by atoms with E-state index in [1.807, 2.05) is 0 Å². The molecule has 0 unspecified atom stereocenters. The van der Waals surface area contributed by atoms with Gasteiger partial charge in [0.2, 0.25) is 0 Å². The van der Waals surface area contributed by atoms with Gasteiger partial charge in [-0.3, -0.25) is 14.4 Å². The first-order valence-corrected chi connectivity index (χ1v) is 26.4. The second-order valence-electron chi connectivity index (χ2n) is 23.0. The van der Waals surface area contributed by atoms with Gasteiger partial charge < -0.3 is 103 Å². The number of cyclic esters (lactones) is 1. The SMILES string of the molecule is CO[C@@H]1C[C@H](O[C@H]2CC[C@@]3(C)[C@@H](CC[C@@]45CC[C@H]([C@@H]6COC(=O)C6)[C@@](C)(CC[C@@H]43)C5=O)[C@H]2OC(C)=O)O[C@@H](C)[C@H]1O[C@@H]1O[C@H](CO[C@@H]2O[C@H](CO[C@@H]3O[C@H](CO)[C@@H](O)[C@H](O)[C@H]3O)[C@@H](O)[C@H](O)[C@H]2O)[C@@H](O)[C@H](O)[C@H]1O. The number of hydrogen-bond acceptors (Lipinski definition) is 24. The van der Waals surface area contributed by atoms with Crippen LogP contribution in [0.5, 0.6) is 0 Å². The molecule has 24 nitrogen and oxygen atoms in total. The molecule has 24 heteroatoms. The average molecular weight is 1060 g/mol. The number of methoxy groups -OCH3 is 1. The zero-order chi connectivity index (χ0) is 53.3. The highest BCUT2D eigenvalue weighted by molar-refractivity contribution is 5.92. The zero-order valence-corrected chi connectivity index (χ0v) is 42.5. The number of esters is 2. The lowest BCUT2D eigenvalue weighted by atomic mass is 9.36. The molecule has 5 heterocycles. The summed E-state index contributed by atoms with van der Waals surface area (Å²) in [4.78, 5) is 39.9. The molecular formula is C50H78O24. The second kappa shape index (κ2) is 22.2. The summed E-state index contributed by atoms with van der Waals surface area (Å²) < 4.78 is 65.0. The summed E-state index contributed by atoms with van der Waals surface area (Å²) in [6.07, 6.45) is -23.3. The van der Waals surface area contributed by atoms with E-state index < -0.39 is 166 Å². The standard InChI is InChI=1S/C50H78O24/c1-20-42(74-46-41(62)38(59)35(56)29(73-46)19-67-45-40(61)37(58)34(55)28(72-45)18-66-44-39(60)36(57)33(54)27(16-51)71-44)26(64-5)15-32(68-20)70-25-8-10-48(3)24(43(25)69-21(2)52)7-13-50-12-6-23(22-14-31(53)65-17-22)49(4,47(50)63)11-9-30(48)50/h20,22-30,32-46,51,54-62H,6-19H2,1-5H3/t20-,22-,23+,24-,25-,26+,27+,28+,29+,30+,32-,33+,34+,35+,36-,37-,38-,39+,40+,41+,42+,43+,44+,45+,46-,48-,49+,50-/m0/s1. The summed E-state index contributed by atoms with van der Waals surface area (Å²) in [6.45, 7) is 5.85. The molecule has 422 valence electrons. The quantitative estimate of drug-likeness (QED) is 0.0632. The van der Waals surface area contributed by atoms with Crippen molar-refractivity contribution < 1.29 is 118 Å². The molecule has 9 fully saturated rings. The predicted octanol–water partition coefficient (Wildman–Crippen LogP) is -2.56.